The summed E-state index contributed by atoms with van der Waals surface area (Å²) in [4.78, 5) is 24.0. The zero-order valence-electron chi connectivity index (χ0n) is 18.0. The third-order valence-electron chi connectivity index (χ3n) is 5.95. The Bertz CT molecular complexity index is 1090. The van der Waals surface area contributed by atoms with Crippen molar-refractivity contribution in [3.05, 3.63) is 53.6 Å². The van der Waals surface area contributed by atoms with Gasteiger partial charge in [0.15, 0.2) is 0 Å². The normalized spacial score (nSPS) is 17.2. The van der Waals surface area contributed by atoms with Crippen LogP contribution in [0.15, 0.2) is 47.4 Å². The number of fused-ring (bicyclic) bond motifs is 1. The lowest BCUT2D eigenvalue weighted by Crippen LogP contribution is -2.31. The lowest BCUT2D eigenvalue weighted by Gasteiger charge is -2.20. The van der Waals surface area contributed by atoms with Gasteiger partial charge in [-0.05, 0) is 67.1 Å². The Kier molecular flexibility index (Phi) is 6.91. The molecular weight excluding hydrogens is 428 g/mol. The molecule has 1 amide bonds. The average Bonchev–Trinajstić information content (AvgIpc) is 3.08. The number of aryl methyl sites for hydroxylation is 2. The number of ether oxygens (including phenoxy) is 1. The molecule has 1 saturated heterocycles. The molecule has 2 aliphatic rings. The van der Waals surface area contributed by atoms with E-state index in [9.17, 15) is 18.0 Å². The Balaban J connectivity index is 1.32. The van der Waals surface area contributed by atoms with Crippen molar-refractivity contribution >= 4 is 27.6 Å². The number of carbonyl (C=O) groups excluding carboxylic acids is 2. The first-order valence-corrected chi connectivity index (χ1v) is 12.6. The van der Waals surface area contributed by atoms with Crippen LogP contribution in [0.25, 0.3) is 0 Å². The Morgan fingerprint density at radius 2 is 1.69 bits per heavy atom. The molecule has 2 aliphatic heterocycles. The zero-order chi connectivity index (χ0) is 22.6. The highest BCUT2D eigenvalue weighted by Gasteiger charge is 2.25. The number of rotatable bonds is 6. The molecule has 0 aromatic heterocycles. The Morgan fingerprint density at radius 3 is 2.41 bits per heavy atom. The van der Waals surface area contributed by atoms with E-state index >= 15 is 0 Å². The highest BCUT2D eigenvalue weighted by molar-refractivity contribution is 7.89. The van der Waals surface area contributed by atoms with Crippen LogP contribution in [0.3, 0.4) is 0 Å². The van der Waals surface area contributed by atoms with Gasteiger partial charge in [-0.25, -0.2) is 8.42 Å². The third kappa shape index (κ3) is 5.37. The van der Waals surface area contributed by atoms with Crippen molar-refractivity contribution in [3.63, 3.8) is 0 Å². The van der Waals surface area contributed by atoms with Gasteiger partial charge in [0.05, 0.1) is 4.90 Å². The van der Waals surface area contributed by atoms with Crippen molar-refractivity contribution in [1.29, 1.82) is 0 Å². The van der Waals surface area contributed by atoms with Crippen LogP contribution in [0.5, 0.6) is 5.75 Å². The summed E-state index contributed by atoms with van der Waals surface area (Å²) in [6.07, 6.45) is 5.64. The van der Waals surface area contributed by atoms with Gasteiger partial charge in [-0.2, -0.15) is 4.31 Å². The van der Waals surface area contributed by atoms with E-state index in [1.165, 1.54) is 0 Å². The van der Waals surface area contributed by atoms with Crippen LogP contribution in [0.4, 0.5) is 5.69 Å². The van der Waals surface area contributed by atoms with Gasteiger partial charge >= 0.3 is 5.97 Å². The summed E-state index contributed by atoms with van der Waals surface area (Å²) in [5, 5.41) is 2.80. The second-order valence-electron chi connectivity index (χ2n) is 8.30. The van der Waals surface area contributed by atoms with Crippen LogP contribution in [0.1, 0.15) is 49.7 Å². The van der Waals surface area contributed by atoms with Crippen molar-refractivity contribution in [2.75, 3.05) is 18.4 Å². The van der Waals surface area contributed by atoms with E-state index in [2.05, 4.69) is 5.32 Å². The molecule has 7 nitrogen and oxygen atoms in total. The molecular formula is C24H28N2O5S. The number of nitrogens with zero attached hydrogens (tertiary/aromatic N) is 1. The maximum absolute atomic E-state index is 12.9. The number of amides is 1. The number of hydrogen-bond acceptors (Lipinski definition) is 5. The second-order valence-corrected chi connectivity index (χ2v) is 10.2. The minimum atomic E-state index is -3.47. The minimum Gasteiger partial charge on any atom is -0.427 e. The van der Waals surface area contributed by atoms with Crippen LogP contribution in [0.2, 0.25) is 0 Å². The molecule has 0 radical (unpaired) electrons. The number of carbonyl (C=O) groups is 2. The van der Waals surface area contributed by atoms with Gasteiger partial charge in [0, 0.05) is 31.6 Å². The molecule has 0 spiro atoms. The van der Waals surface area contributed by atoms with Crippen molar-refractivity contribution in [1.82, 2.24) is 4.31 Å². The van der Waals surface area contributed by atoms with Gasteiger partial charge in [0.1, 0.15) is 5.75 Å². The first kappa shape index (κ1) is 22.5. The molecule has 2 aromatic carbocycles. The van der Waals surface area contributed by atoms with E-state index in [1.54, 1.807) is 46.8 Å². The Hall–Kier alpha value is -2.71. The van der Waals surface area contributed by atoms with Crippen LogP contribution < -0.4 is 10.1 Å². The van der Waals surface area contributed by atoms with E-state index in [0.29, 0.717) is 43.0 Å². The maximum atomic E-state index is 12.9. The van der Waals surface area contributed by atoms with Gasteiger partial charge in [-0.1, -0.05) is 25.0 Å². The quantitative estimate of drug-likeness (QED) is 0.529. The summed E-state index contributed by atoms with van der Waals surface area (Å²) < 4.78 is 32.8. The predicted octanol–water partition coefficient (Wildman–Crippen LogP) is 3.67. The van der Waals surface area contributed by atoms with E-state index < -0.39 is 10.0 Å². The minimum absolute atomic E-state index is 0.00695. The van der Waals surface area contributed by atoms with E-state index in [1.807, 2.05) is 0 Å². The summed E-state index contributed by atoms with van der Waals surface area (Å²) >= 11 is 0. The molecule has 0 bridgehead atoms. The number of anilines is 1. The number of nitrogens with one attached hydrogen (secondary N) is 1. The van der Waals surface area contributed by atoms with Crippen molar-refractivity contribution in [3.8, 4) is 5.75 Å². The van der Waals surface area contributed by atoms with Gasteiger partial charge in [0.2, 0.25) is 15.9 Å². The highest BCUT2D eigenvalue weighted by Crippen LogP contribution is 2.27. The van der Waals surface area contributed by atoms with Crippen molar-refractivity contribution in [2.24, 2.45) is 0 Å². The van der Waals surface area contributed by atoms with Gasteiger partial charge in [-0.3, -0.25) is 9.59 Å². The molecule has 2 heterocycles. The number of benzene rings is 2. The first-order valence-electron chi connectivity index (χ1n) is 11.1. The maximum Gasteiger partial charge on any atom is 0.311 e. The van der Waals surface area contributed by atoms with Crippen molar-refractivity contribution < 1.29 is 22.7 Å². The molecule has 0 aliphatic carbocycles. The molecule has 32 heavy (non-hydrogen) atoms. The summed E-state index contributed by atoms with van der Waals surface area (Å²) in [6.45, 7) is 1.15. The topological polar surface area (TPSA) is 92.8 Å². The Labute approximate surface area is 188 Å². The zero-order valence-corrected chi connectivity index (χ0v) is 18.8. The second kappa shape index (κ2) is 9.83. The molecule has 170 valence electrons. The molecule has 2 aromatic rings. The largest absolute Gasteiger partial charge is 0.427 e. The smallest absolute Gasteiger partial charge is 0.311 e. The summed E-state index contributed by atoms with van der Waals surface area (Å²) in [5.74, 6) is 0.0994. The molecule has 0 unspecified atom stereocenters. The van der Waals surface area contributed by atoms with E-state index in [-0.39, 0.29) is 18.3 Å². The summed E-state index contributed by atoms with van der Waals surface area (Å²) in [6, 6.07) is 12.0. The average molecular weight is 457 g/mol. The number of hydrogen-bond donors (Lipinski definition) is 1. The third-order valence-corrected chi connectivity index (χ3v) is 7.86. The molecule has 0 saturated carbocycles. The van der Waals surface area contributed by atoms with Crippen LogP contribution >= 0.6 is 0 Å². The van der Waals surface area contributed by atoms with E-state index in [4.69, 9.17) is 4.74 Å². The fourth-order valence-corrected chi connectivity index (χ4v) is 5.63. The van der Waals surface area contributed by atoms with E-state index in [0.717, 1.165) is 42.5 Å². The number of sulfonamides is 1. The molecule has 0 atom stereocenters. The highest BCUT2D eigenvalue weighted by atomic mass is 32.2. The first-order chi connectivity index (χ1) is 15.4. The van der Waals surface area contributed by atoms with Crippen LogP contribution in [-0.2, 0) is 32.5 Å². The fraction of sp³-hybridized carbons (Fsp3) is 0.417. The predicted molar refractivity (Wildman–Crippen MR) is 121 cm³/mol. The molecule has 8 heteroatoms. The van der Waals surface area contributed by atoms with Crippen LogP contribution in [-0.4, -0.2) is 37.7 Å². The lowest BCUT2D eigenvalue weighted by molar-refractivity contribution is -0.134. The molecule has 1 N–H and O–H groups in total. The monoisotopic (exact) mass is 456 g/mol. The molecule has 1 fully saturated rings. The standard InChI is InChI=1S/C24H28N2O5S/c27-23-13-8-19-17-20(9-12-22(19)25-23)31-24(28)14-7-18-5-10-21(11-6-18)32(29,30)26-15-3-1-2-4-16-26/h5-6,9-12,17H,1-4,7-8,13-16H2,(H,25,27). The van der Waals surface area contributed by atoms with Crippen LogP contribution in [0, 0.1) is 0 Å². The fourth-order valence-electron chi connectivity index (χ4n) is 4.11. The van der Waals surface area contributed by atoms with Gasteiger partial charge in [-0.15, -0.1) is 0 Å². The lowest BCUT2D eigenvalue weighted by atomic mass is 10.0. The number of esters is 1. The SMILES string of the molecule is O=C1CCc2cc(OC(=O)CCc3ccc(S(=O)(=O)N4CCCCCC4)cc3)ccc2N1. The summed E-state index contributed by atoms with van der Waals surface area (Å²) in [7, 11) is -3.47. The summed E-state index contributed by atoms with van der Waals surface area (Å²) in [5.41, 5.74) is 2.59. The van der Waals surface area contributed by atoms with Gasteiger partial charge < -0.3 is 10.1 Å². The Morgan fingerprint density at radius 1 is 0.969 bits per heavy atom. The molecule has 4 rings (SSSR count). The van der Waals surface area contributed by atoms with Gasteiger partial charge in [0.25, 0.3) is 0 Å². The van der Waals surface area contributed by atoms with Crippen molar-refractivity contribution in [2.45, 2.75) is 56.3 Å².